The standard InChI is InChI=1S/C8H16ClNO/c1-6(11)10-7(5-9)8(2,3)4/h7H,5H2,1-4H3,(H,10,11). The molecule has 0 radical (unpaired) electrons. The van der Waals surface area contributed by atoms with E-state index in [0.29, 0.717) is 5.88 Å². The second kappa shape index (κ2) is 3.96. The third kappa shape index (κ3) is 4.25. The van der Waals surface area contributed by atoms with E-state index in [1.807, 2.05) is 0 Å². The summed E-state index contributed by atoms with van der Waals surface area (Å²) in [6.07, 6.45) is 0. The molecule has 0 spiro atoms. The van der Waals surface area contributed by atoms with Gasteiger partial charge in [-0.25, -0.2) is 0 Å². The molecule has 3 heteroatoms. The Morgan fingerprint density at radius 1 is 1.55 bits per heavy atom. The molecule has 0 saturated carbocycles. The van der Waals surface area contributed by atoms with Crippen LogP contribution in [0.15, 0.2) is 0 Å². The molecule has 0 aliphatic rings. The van der Waals surface area contributed by atoms with Crippen LogP contribution in [0.4, 0.5) is 0 Å². The van der Waals surface area contributed by atoms with Crippen molar-refractivity contribution in [2.45, 2.75) is 33.7 Å². The van der Waals surface area contributed by atoms with Gasteiger partial charge in [0.05, 0.1) is 0 Å². The van der Waals surface area contributed by atoms with Crippen molar-refractivity contribution in [3.8, 4) is 0 Å². The second-order valence-corrected chi connectivity index (χ2v) is 4.08. The van der Waals surface area contributed by atoms with E-state index in [0.717, 1.165) is 0 Å². The van der Waals surface area contributed by atoms with Crippen LogP contribution >= 0.6 is 11.6 Å². The first kappa shape index (κ1) is 10.8. The molecule has 0 bridgehead atoms. The quantitative estimate of drug-likeness (QED) is 0.641. The summed E-state index contributed by atoms with van der Waals surface area (Å²) in [6, 6.07) is 0.0571. The molecule has 2 nitrogen and oxygen atoms in total. The van der Waals surface area contributed by atoms with Crippen molar-refractivity contribution in [1.82, 2.24) is 5.32 Å². The van der Waals surface area contributed by atoms with E-state index >= 15 is 0 Å². The molecule has 66 valence electrons. The van der Waals surface area contributed by atoms with Gasteiger partial charge >= 0.3 is 0 Å². The number of hydrogen-bond donors (Lipinski definition) is 1. The molecule has 1 amide bonds. The molecule has 0 fully saturated rings. The van der Waals surface area contributed by atoms with E-state index in [9.17, 15) is 4.79 Å². The fourth-order valence-electron chi connectivity index (χ4n) is 0.732. The number of rotatable bonds is 2. The molecule has 1 unspecified atom stereocenters. The number of nitrogens with one attached hydrogen (secondary N) is 1. The van der Waals surface area contributed by atoms with Crippen molar-refractivity contribution in [2.75, 3.05) is 5.88 Å². The Morgan fingerprint density at radius 3 is 2.09 bits per heavy atom. The smallest absolute Gasteiger partial charge is 0.217 e. The number of halogens is 1. The summed E-state index contributed by atoms with van der Waals surface area (Å²) in [4.78, 5) is 10.7. The van der Waals surface area contributed by atoms with Crippen molar-refractivity contribution in [3.05, 3.63) is 0 Å². The summed E-state index contributed by atoms with van der Waals surface area (Å²) >= 11 is 5.68. The maximum atomic E-state index is 10.7. The molecule has 0 aromatic rings. The monoisotopic (exact) mass is 177 g/mol. The van der Waals surface area contributed by atoms with Crippen molar-refractivity contribution in [1.29, 1.82) is 0 Å². The van der Waals surface area contributed by atoms with E-state index in [1.54, 1.807) is 0 Å². The molecule has 0 heterocycles. The van der Waals surface area contributed by atoms with Gasteiger partial charge < -0.3 is 5.32 Å². The van der Waals surface area contributed by atoms with Gasteiger partial charge in [0.25, 0.3) is 0 Å². The van der Waals surface area contributed by atoms with Crippen LogP contribution in [0.25, 0.3) is 0 Å². The van der Waals surface area contributed by atoms with Crippen LogP contribution in [0.1, 0.15) is 27.7 Å². The van der Waals surface area contributed by atoms with Crippen molar-refractivity contribution in [3.63, 3.8) is 0 Å². The van der Waals surface area contributed by atoms with Gasteiger partial charge in [-0.3, -0.25) is 4.79 Å². The number of hydrogen-bond acceptors (Lipinski definition) is 1. The highest BCUT2D eigenvalue weighted by Gasteiger charge is 2.23. The first-order valence-electron chi connectivity index (χ1n) is 3.71. The first-order chi connectivity index (χ1) is 4.88. The molecule has 0 aliphatic carbocycles. The predicted octanol–water partition coefficient (Wildman–Crippen LogP) is 1.78. The molecule has 0 aromatic heterocycles. The molecular weight excluding hydrogens is 162 g/mol. The summed E-state index contributed by atoms with van der Waals surface area (Å²) in [7, 11) is 0. The highest BCUT2D eigenvalue weighted by molar-refractivity contribution is 6.18. The molecule has 1 N–H and O–H groups in total. The SMILES string of the molecule is CC(=O)NC(CCl)C(C)(C)C. The molecule has 0 aliphatic heterocycles. The fraction of sp³-hybridized carbons (Fsp3) is 0.875. The van der Waals surface area contributed by atoms with Gasteiger partial charge in [-0.05, 0) is 5.41 Å². The lowest BCUT2D eigenvalue weighted by atomic mass is 9.88. The minimum absolute atomic E-state index is 0.0226. The van der Waals surface area contributed by atoms with Crippen molar-refractivity contribution >= 4 is 17.5 Å². The topological polar surface area (TPSA) is 29.1 Å². The molecule has 1 atom stereocenters. The third-order valence-electron chi connectivity index (χ3n) is 1.58. The number of amides is 1. The summed E-state index contributed by atoms with van der Waals surface area (Å²) < 4.78 is 0. The van der Waals surface area contributed by atoms with Gasteiger partial charge in [0.2, 0.25) is 5.91 Å². The van der Waals surface area contributed by atoms with Crippen molar-refractivity contribution < 1.29 is 4.79 Å². The number of carbonyl (C=O) groups excluding carboxylic acids is 1. The van der Waals surface area contributed by atoms with Crippen LogP contribution in [-0.2, 0) is 4.79 Å². The zero-order chi connectivity index (χ0) is 9.07. The lowest BCUT2D eigenvalue weighted by Gasteiger charge is -2.29. The molecular formula is C8H16ClNO. The molecule has 0 saturated heterocycles. The van der Waals surface area contributed by atoms with Gasteiger partial charge in [-0.15, -0.1) is 11.6 Å². The maximum absolute atomic E-state index is 10.7. The molecule has 0 rings (SSSR count). The third-order valence-corrected chi connectivity index (χ3v) is 1.89. The normalized spacial score (nSPS) is 14.3. The average molecular weight is 178 g/mol. The van der Waals surface area contributed by atoms with Gasteiger partial charge in [0.1, 0.15) is 0 Å². The maximum Gasteiger partial charge on any atom is 0.217 e. The Balaban J connectivity index is 4.07. The summed E-state index contributed by atoms with van der Waals surface area (Å²) in [5.74, 6) is 0.439. The lowest BCUT2D eigenvalue weighted by Crippen LogP contribution is -2.44. The van der Waals surface area contributed by atoms with Crippen LogP contribution in [0.5, 0.6) is 0 Å². The Kier molecular flexibility index (Phi) is 3.87. The minimum Gasteiger partial charge on any atom is -0.352 e. The lowest BCUT2D eigenvalue weighted by molar-refractivity contribution is -0.120. The van der Waals surface area contributed by atoms with Gasteiger partial charge in [-0.1, -0.05) is 20.8 Å². The van der Waals surface area contributed by atoms with E-state index in [4.69, 9.17) is 11.6 Å². The number of carbonyl (C=O) groups is 1. The van der Waals surface area contributed by atoms with E-state index in [2.05, 4.69) is 26.1 Å². The first-order valence-corrected chi connectivity index (χ1v) is 4.24. The fourth-order valence-corrected chi connectivity index (χ4v) is 1.27. The zero-order valence-corrected chi connectivity index (χ0v) is 8.33. The van der Waals surface area contributed by atoms with Crippen LogP contribution in [-0.4, -0.2) is 17.8 Å². The zero-order valence-electron chi connectivity index (χ0n) is 7.57. The van der Waals surface area contributed by atoms with E-state index in [-0.39, 0.29) is 17.4 Å². The summed E-state index contributed by atoms with van der Waals surface area (Å²) in [5, 5.41) is 2.80. The van der Waals surface area contributed by atoms with Gasteiger partial charge in [0, 0.05) is 18.8 Å². The highest BCUT2D eigenvalue weighted by Crippen LogP contribution is 2.19. The van der Waals surface area contributed by atoms with Crippen molar-refractivity contribution in [2.24, 2.45) is 5.41 Å². The van der Waals surface area contributed by atoms with Gasteiger partial charge in [-0.2, -0.15) is 0 Å². The second-order valence-electron chi connectivity index (χ2n) is 3.77. The average Bonchev–Trinajstić information content (AvgIpc) is 1.79. The summed E-state index contributed by atoms with van der Waals surface area (Å²) in [6.45, 7) is 7.66. The Bertz CT molecular complexity index is 140. The molecule has 0 aromatic carbocycles. The largest absolute Gasteiger partial charge is 0.352 e. The van der Waals surface area contributed by atoms with Gasteiger partial charge in [0.15, 0.2) is 0 Å². The molecule has 11 heavy (non-hydrogen) atoms. The number of alkyl halides is 1. The Morgan fingerprint density at radius 2 is 2.00 bits per heavy atom. The van der Waals surface area contributed by atoms with Crippen LogP contribution in [0.3, 0.4) is 0 Å². The van der Waals surface area contributed by atoms with Crippen LogP contribution in [0.2, 0.25) is 0 Å². The van der Waals surface area contributed by atoms with E-state index in [1.165, 1.54) is 6.92 Å². The Hall–Kier alpha value is -0.240. The summed E-state index contributed by atoms with van der Waals surface area (Å²) in [5.41, 5.74) is 0.0351. The highest BCUT2D eigenvalue weighted by atomic mass is 35.5. The van der Waals surface area contributed by atoms with Crippen LogP contribution in [0, 0.1) is 5.41 Å². The predicted molar refractivity (Wildman–Crippen MR) is 47.8 cm³/mol. The Labute approximate surface area is 73.3 Å². The minimum atomic E-state index is -0.0226. The van der Waals surface area contributed by atoms with Crippen LogP contribution < -0.4 is 5.32 Å². The van der Waals surface area contributed by atoms with E-state index < -0.39 is 0 Å².